The number of anilines is 1. The number of pyridine rings is 1. The zero-order valence-electron chi connectivity index (χ0n) is 45.7. The number of phenols is 1. The predicted molar refractivity (Wildman–Crippen MR) is 306 cm³/mol. The minimum absolute atomic E-state index is 0.00985. The Morgan fingerprint density at radius 2 is 1.74 bits per heavy atom. The van der Waals surface area contributed by atoms with Crippen molar-refractivity contribution in [1.82, 2.24) is 45.5 Å². The third kappa shape index (κ3) is 10.5. The lowest BCUT2D eigenvalue weighted by atomic mass is 9.95. The lowest BCUT2D eigenvalue weighted by Crippen LogP contribution is -2.50. The number of carbonyl (C=O) groups is 2. The highest BCUT2D eigenvalue weighted by Crippen LogP contribution is 2.45. The van der Waals surface area contributed by atoms with Crippen LogP contribution in [0.4, 0.5) is 10.2 Å². The summed E-state index contributed by atoms with van der Waals surface area (Å²) in [5.41, 5.74) is 6.89. The first-order valence-electron chi connectivity index (χ1n) is 27.9. The zero-order valence-corrected chi connectivity index (χ0v) is 45.7. The summed E-state index contributed by atoms with van der Waals surface area (Å²) in [6, 6.07) is 27.1. The average Bonchev–Trinajstić information content (AvgIpc) is 3.68. The van der Waals surface area contributed by atoms with E-state index in [9.17, 15) is 24.9 Å². The summed E-state index contributed by atoms with van der Waals surface area (Å²) in [6.45, 7) is 8.02. The molecule has 3 aromatic heterocycles. The molecule has 0 unspecified atom stereocenters. The van der Waals surface area contributed by atoms with Crippen LogP contribution in [0.3, 0.4) is 0 Å². The molecule has 5 N–H and O–H groups in total. The molecule has 2 bridgehead atoms. The number of aliphatic hydroxyl groups is 2. The minimum atomic E-state index is -0.996. The lowest BCUT2D eigenvalue weighted by molar-refractivity contribution is -0.142. The van der Waals surface area contributed by atoms with Crippen LogP contribution in [0, 0.1) is 31.0 Å². The van der Waals surface area contributed by atoms with Crippen LogP contribution in [-0.2, 0) is 20.9 Å². The summed E-state index contributed by atoms with van der Waals surface area (Å²) >= 11 is 0. The number of nitrogens with one attached hydrogen (secondary N) is 2. The second-order valence-electron chi connectivity index (χ2n) is 22.1. The Morgan fingerprint density at radius 3 is 2.46 bits per heavy atom. The molecule has 19 heteroatoms. The molecule has 4 aliphatic heterocycles. The van der Waals surface area contributed by atoms with Gasteiger partial charge in [-0.15, -0.1) is 11.5 Å². The number of aliphatic hydroxyl groups excluding tert-OH is 2. The van der Waals surface area contributed by atoms with Crippen molar-refractivity contribution in [3.8, 4) is 63.5 Å². The molecule has 2 amide bonds. The van der Waals surface area contributed by atoms with E-state index in [4.69, 9.17) is 35.6 Å². The maximum absolute atomic E-state index is 15.6. The van der Waals surface area contributed by atoms with Crippen LogP contribution >= 0.6 is 0 Å². The summed E-state index contributed by atoms with van der Waals surface area (Å²) < 4.78 is 36.1. The molecular weight excluding hydrogens is 1040 g/mol. The number of aromatic nitrogens is 6. The number of nitrogens with zero attached hydrogens (tertiary/aromatic N) is 8. The fraction of sp³-hybridized carbons (Fsp3) is 0.349. The number of piperazine rings is 1. The number of aromatic hydroxyl groups is 1. The number of halogens is 1. The van der Waals surface area contributed by atoms with Crippen molar-refractivity contribution in [2.75, 3.05) is 44.4 Å². The highest BCUT2D eigenvalue weighted by Gasteiger charge is 2.44. The van der Waals surface area contributed by atoms with E-state index in [2.05, 4.69) is 31.8 Å². The number of hydrogen-bond acceptors (Lipinski definition) is 15. The van der Waals surface area contributed by atoms with E-state index in [1.165, 1.54) is 27.8 Å². The van der Waals surface area contributed by atoms with E-state index in [0.717, 1.165) is 41.8 Å². The fourth-order valence-corrected chi connectivity index (χ4v) is 12.1. The number of fused-ring (bicyclic) bond motifs is 4. The molecule has 4 fully saturated rings. The van der Waals surface area contributed by atoms with E-state index in [-0.39, 0.29) is 73.0 Å². The molecule has 18 nitrogen and oxygen atoms in total. The number of rotatable bonds is 16. The smallest absolute Gasteiger partial charge is 0.319 e. The van der Waals surface area contributed by atoms with Crippen LogP contribution in [0.25, 0.3) is 55.3 Å². The van der Waals surface area contributed by atoms with Crippen LogP contribution < -0.4 is 25.0 Å². The molecule has 0 spiro atoms. The summed E-state index contributed by atoms with van der Waals surface area (Å²) in [5, 5.41) is 49.5. The highest BCUT2D eigenvalue weighted by atomic mass is 19.1. The predicted octanol–water partition coefficient (Wildman–Crippen LogP) is 7.60. The lowest BCUT2D eigenvalue weighted by Gasteiger charge is -2.30. The molecular formula is C63H63FN10O8. The largest absolute Gasteiger partial charge is 0.508 e. The van der Waals surface area contributed by atoms with E-state index < -0.39 is 41.9 Å². The van der Waals surface area contributed by atoms with Crippen molar-refractivity contribution in [2.24, 2.45) is 5.92 Å². The average molecular weight is 1110 g/mol. The normalized spacial score (nSPS) is 19.7. The molecule has 7 heterocycles. The maximum atomic E-state index is 15.6. The molecule has 6 atom stereocenters. The summed E-state index contributed by atoms with van der Waals surface area (Å²) in [6.07, 6.45) is 10.6. The standard InChI is InChI=1S/C63H63FN10O8/c1-5-47-51(64)19-18-41-24-44(76)26-49(55(41)47)56-59(57-50(29-66-56)60(72-30-42-25-43(72)28-65-42)69-63(68-57)82-46-20-22-80-23-21-46)81-34-37-10-12-39(13-11-37)52-32-74(71-70-52)58(35(2)3)62(79)73-31-45(77)27-54(73)61(78)67-53(33-75)40-16-14-38(15-17-40)48-9-7-6-8-36(48)4/h1,6-19,24,26,29,32,35,42-43,45-46,53-54,58,65,75-77H,20-23,25,27-28,30-31,33-34H2,2-4H3,(H,67,78)/t42-,43-,45+,53-,54-,58-/m0/s1. The molecule has 0 radical (unpaired) electrons. The molecule has 5 aromatic carbocycles. The van der Waals surface area contributed by atoms with Gasteiger partial charge >= 0.3 is 6.01 Å². The molecule has 420 valence electrons. The Hall–Kier alpha value is -8.54. The topological polar surface area (TPSA) is 222 Å². The molecule has 4 aliphatic rings. The van der Waals surface area contributed by atoms with E-state index in [1.807, 2.05) is 93.6 Å². The number of hydrogen-bond donors (Lipinski definition) is 5. The van der Waals surface area contributed by atoms with Gasteiger partial charge in [0.25, 0.3) is 0 Å². The number of aryl methyl sites for hydroxylation is 1. The van der Waals surface area contributed by atoms with Gasteiger partial charge in [0.15, 0.2) is 5.75 Å². The number of phenolic OH excluding ortho intramolecular Hbond substituents is 1. The van der Waals surface area contributed by atoms with E-state index >= 15 is 4.39 Å². The molecule has 8 aromatic rings. The number of amides is 2. The Balaban J connectivity index is 0.815. The van der Waals surface area contributed by atoms with Crippen LogP contribution in [-0.4, -0.2) is 132 Å². The van der Waals surface area contributed by atoms with E-state index in [1.54, 1.807) is 18.5 Å². The third-order valence-corrected chi connectivity index (χ3v) is 16.3. The Kier molecular flexibility index (Phi) is 15.0. The number of β-amino-alcohol motifs (C(OH)–C–C–N with tert-alkyl or cyclic N) is 1. The van der Waals surface area contributed by atoms with Gasteiger partial charge in [0.1, 0.15) is 59.1 Å². The van der Waals surface area contributed by atoms with Crippen molar-refractivity contribution < 1.29 is 43.5 Å². The third-order valence-electron chi connectivity index (χ3n) is 16.3. The second kappa shape index (κ2) is 22.8. The Labute approximate surface area is 473 Å². The number of likely N-dealkylation sites (tertiary alicyclic amines) is 1. The van der Waals surface area contributed by atoms with Gasteiger partial charge in [-0.2, -0.15) is 9.97 Å². The van der Waals surface area contributed by atoms with Gasteiger partial charge in [0, 0.05) is 73.7 Å². The van der Waals surface area contributed by atoms with Crippen LogP contribution in [0.1, 0.15) is 73.9 Å². The SMILES string of the molecule is C#Cc1c(F)ccc2cc(O)cc(-c3ncc4c(N5C[C@@H]6C[C@H]5CN6)nc(OC5CCOCC5)nc4c3OCc3ccc(-c4cn([C@H](C(=O)N5C[C@H](O)C[C@H]5C(=O)N[C@@H](CO)c5ccc(-c6ccccc6C)cc5)C(C)C)nn4)cc3)c12. The number of terminal acetylenes is 1. The van der Waals surface area contributed by atoms with Crippen molar-refractivity contribution in [3.63, 3.8) is 0 Å². The van der Waals surface area contributed by atoms with Gasteiger partial charge < -0.3 is 50.0 Å². The first-order chi connectivity index (χ1) is 39.8. The van der Waals surface area contributed by atoms with Crippen molar-refractivity contribution in [2.45, 2.75) is 95.5 Å². The van der Waals surface area contributed by atoms with Gasteiger partial charge in [0.05, 0.1) is 49.1 Å². The summed E-state index contributed by atoms with van der Waals surface area (Å²) in [7, 11) is 0. The summed E-state index contributed by atoms with van der Waals surface area (Å²) in [4.78, 5) is 47.4. The zero-order chi connectivity index (χ0) is 56.8. The van der Waals surface area contributed by atoms with Crippen molar-refractivity contribution >= 4 is 39.3 Å². The van der Waals surface area contributed by atoms with Gasteiger partial charge in [-0.25, -0.2) is 9.07 Å². The quantitative estimate of drug-likeness (QED) is 0.0588. The summed E-state index contributed by atoms with van der Waals surface area (Å²) in [5.74, 6) is 1.56. The molecule has 82 heavy (non-hydrogen) atoms. The van der Waals surface area contributed by atoms with Gasteiger partial charge in [0.2, 0.25) is 11.8 Å². The van der Waals surface area contributed by atoms with Crippen molar-refractivity contribution in [1.29, 1.82) is 0 Å². The number of carbonyl (C=O) groups excluding carboxylic acids is 2. The first kappa shape index (κ1) is 54.1. The molecule has 4 saturated heterocycles. The maximum Gasteiger partial charge on any atom is 0.319 e. The Bertz CT molecular complexity index is 3750. The fourth-order valence-electron chi connectivity index (χ4n) is 12.1. The van der Waals surface area contributed by atoms with Crippen molar-refractivity contribution in [3.05, 3.63) is 138 Å². The molecule has 0 saturated carbocycles. The van der Waals surface area contributed by atoms with Gasteiger partial charge in [-0.3, -0.25) is 14.6 Å². The van der Waals surface area contributed by atoms with E-state index in [0.29, 0.717) is 82.0 Å². The first-order valence-corrected chi connectivity index (χ1v) is 27.9. The van der Waals surface area contributed by atoms with Crippen LogP contribution in [0.2, 0.25) is 0 Å². The number of benzene rings is 5. The number of ether oxygens (including phenoxy) is 3. The minimum Gasteiger partial charge on any atom is -0.508 e. The molecule has 12 rings (SSSR count). The van der Waals surface area contributed by atoms with Crippen LogP contribution in [0.15, 0.2) is 109 Å². The second-order valence-corrected chi connectivity index (χ2v) is 22.1. The van der Waals surface area contributed by atoms with Gasteiger partial charge in [-0.1, -0.05) is 104 Å². The molecule has 0 aliphatic carbocycles. The monoisotopic (exact) mass is 1110 g/mol. The van der Waals surface area contributed by atoms with Gasteiger partial charge in [-0.05, 0) is 70.7 Å². The Morgan fingerprint density at radius 1 is 0.963 bits per heavy atom. The van der Waals surface area contributed by atoms with Crippen LogP contribution in [0.5, 0.6) is 17.5 Å². The highest BCUT2D eigenvalue weighted by molar-refractivity contribution is 6.05.